The lowest BCUT2D eigenvalue weighted by molar-refractivity contribution is -0.137. The summed E-state index contributed by atoms with van der Waals surface area (Å²) in [6, 6.07) is 7.22. The summed E-state index contributed by atoms with van der Waals surface area (Å²) in [6.07, 6.45) is 8.23. The number of carbonyl (C=O) groups is 2. The van der Waals surface area contributed by atoms with Crippen LogP contribution in [-0.2, 0) is 14.3 Å². The van der Waals surface area contributed by atoms with E-state index < -0.39 is 0 Å². The lowest BCUT2D eigenvalue weighted by Gasteiger charge is -2.36. The van der Waals surface area contributed by atoms with Crippen LogP contribution in [0.25, 0.3) is 0 Å². The zero-order valence-electron chi connectivity index (χ0n) is 19.3. The quantitative estimate of drug-likeness (QED) is 0.232. The van der Waals surface area contributed by atoms with E-state index in [0.29, 0.717) is 36.5 Å². The van der Waals surface area contributed by atoms with E-state index in [1.165, 1.54) is 12.5 Å². The maximum absolute atomic E-state index is 12.6. The molecule has 0 spiro atoms. The van der Waals surface area contributed by atoms with Gasteiger partial charge in [-0.25, -0.2) is 9.59 Å². The van der Waals surface area contributed by atoms with Crippen LogP contribution in [0.5, 0.6) is 5.75 Å². The van der Waals surface area contributed by atoms with Gasteiger partial charge in [0, 0.05) is 6.08 Å². The Balaban J connectivity index is 1.69. The largest absolute Gasteiger partial charge is 0.494 e. The van der Waals surface area contributed by atoms with Crippen LogP contribution in [0.15, 0.2) is 36.9 Å². The fraction of sp³-hybridized carbons (Fsp3) is 0.615. The van der Waals surface area contributed by atoms with Crippen molar-refractivity contribution < 1.29 is 23.8 Å². The van der Waals surface area contributed by atoms with Gasteiger partial charge in [0.15, 0.2) is 0 Å². The summed E-state index contributed by atoms with van der Waals surface area (Å²) in [5, 5.41) is 0. The number of ether oxygens (including phenoxy) is 3. The number of hydrogen-bond acceptors (Lipinski definition) is 5. The van der Waals surface area contributed by atoms with E-state index in [1.54, 1.807) is 12.1 Å². The van der Waals surface area contributed by atoms with Crippen LogP contribution in [0.2, 0.25) is 0 Å². The molecular formula is C26H38O5. The molecule has 1 fully saturated rings. The molecule has 0 aliphatic heterocycles. The Morgan fingerprint density at radius 2 is 1.74 bits per heavy atom. The van der Waals surface area contributed by atoms with Gasteiger partial charge in [-0.1, -0.05) is 33.8 Å². The number of hydrogen-bond donors (Lipinski definition) is 0. The van der Waals surface area contributed by atoms with E-state index in [0.717, 1.165) is 44.3 Å². The van der Waals surface area contributed by atoms with E-state index in [9.17, 15) is 9.59 Å². The molecule has 1 saturated carbocycles. The van der Waals surface area contributed by atoms with Gasteiger partial charge >= 0.3 is 11.9 Å². The van der Waals surface area contributed by atoms with Crippen LogP contribution in [-0.4, -0.2) is 31.3 Å². The highest BCUT2D eigenvalue weighted by Gasteiger charge is 2.33. The SMILES string of the molecule is C=CC(=O)OCCCCCCOc1ccc(C(=O)OC2CC(C)CCC2C(C)C)cc1. The van der Waals surface area contributed by atoms with E-state index in [2.05, 4.69) is 27.4 Å². The summed E-state index contributed by atoms with van der Waals surface area (Å²) in [4.78, 5) is 23.6. The summed E-state index contributed by atoms with van der Waals surface area (Å²) in [5.41, 5.74) is 0.571. The molecule has 5 heteroatoms. The highest BCUT2D eigenvalue weighted by atomic mass is 16.5. The molecule has 0 amide bonds. The fourth-order valence-electron chi connectivity index (χ4n) is 4.12. The van der Waals surface area contributed by atoms with Gasteiger partial charge in [0.05, 0.1) is 18.8 Å². The molecule has 0 N–H and O–H groups in total. The Labute approximate surface area is 187 Å². The van der Waals surface area contributed by atoms with E-state index >= 15 is 0 Å². The number of carbonyl (C=O) groups excluding carboxylic acids is 2. The number of rotatable bonds is 12. The fourth-order valence-corrected chi connectivity index (χ4v) is 4.12. The van der Waals surface area contributed by atoms with Gasteiger partial charge in [-0.15, -0.1) is 0 Å². The summed E-state index contributed by atoms with van der Waals surface area (Å²) >= 11 is 0. The first-order valence-corrected chi connectivity index (χ1v) is 11.6. The predicted octanol–water partition coefficient (Wildman–Crippen LogP) is 5.97. The second kappa shape index (κ2) is 13.2. The predicted molar refractivity (Wildman–Crippen MR) is 122 cm³/mol. The minimum absolute atomic E-state index is 0.00691. The Hall–Kier alpha value is -2.30. The van der Waals surface area contributed by atoms with E-state index in [4.69, 9.17) is 14.2 Å². The molecule has 3 atom stereocenters. The van der Waals surface area contributed by atoms with Crippen molar-refractivity contribution in [1.29, 1.82) is 0 Å². The van der Waals surface area contributed by atoms with E-state index in [1.807, 2.05) is 12.1 Å². The molecule has 1 aliphatic carbocycles. The Morgan fingerprint density at radius 3 is 2.39 bits per heavy atom. The molecule has 0 saturated heterocycles. The van der Waals surface area contributed by atoms with Gasteiger partial charge in [-0.05, 0) is 80.5 Å². The molecule has 1 aromatic rings. The van der Waals surface area contributed by atoms with Gasteiger partial charge in [-0.3, -0.25) is 0 Å². The van der Waals surface area contributed by atoms with Crippen molar-refractivity contribution in [2.24, 2.45) is 17.8 Å². The van der Waals surface area contributed by atoms with Crippen LogP contribution < -0.4 is 4.74 Å². The van der Waals surface area contributed by atoms with Gasteiger partial charge in [0.25, 0.3) is 0 Å². The summed E-state index contributed by atoms with van der Waals surface area (Å²) < 4.78 is 16.6. The minimum Gasteiger partial charge on any atom is -0.494 e. The number of esters is 2. The number of benzene rings is 1. The summed E-state index contributed by atoms with van der Waals surface area (Å²) in [5.74, 6) is 1.70. The zero-order valence-corrected chi connectivity index (χ0v) is 19.3. The van der Waals surface area contributed by atoms with Crippen LogP contribution in [0.4, 0.5) is 0 Å². The lowest BCUT2D eigenvalue weighted by atomic mass is 9.75. The summed E-state index contributed by atoms with van der Waals surface area (Å²) in [7, 11) is 0. The Morgan fingerprint density at radius 1 is 1.06 bits per heavy atom. The zero-order chi connectivity index (χ0) is 22.6. The van der Waals surface area contributed by atoms with E-state index in [-0.39, 0.29) is 18.0 Å². The molecule has 0 bridgehead atoms. The van der Waals surface area contributed by atoms with Crippen molar-refractivity contribution in [1.82, 2.24) is 0 Å². The number of unbranched alkanes of at least 4 members (excludes halogenated alkanes) is 3. The first-order chi connectivity index (χ1) is 14.9. The third kappa shape index (κ3) is 8.76. The standard InChI is InChI=1S/C26H38O5/c1-5-25(27)30-17-9-7-6-8-16-29-22-13-11-21(12-14-22)26(28)31-24-18-20(4)10-15-23(24)19(2)3/h5,11-14,19-20,23-24H,1,6-10,15-18H2,2-4H3. The van der Waals surface area contributed by atoms with Crippen LogP contribution in [0, 0.1) is 17.8 Å². The van der Waals surface area contributed by atoms with Crippen molar-refractivity contribution in [3.05, 3.63) is 42.5 Å². The van der Waals surface area contributed by atoms with Gasteiger partial charge in [-0.2, -0.15) is 0 Å². The van der Waals surface area contributed by atoms with Gasteiger partial charge in [0.1, 0.15) is 11.9 Å². The normalized spacial score (nSPS) is 20.8. The third-order valence-corrected chi connectivity index (χ3v) is 6.03. The maximum atomic E-state index is 12.6. The smallest absolute Gasteiger partial charge is 0.338 e. The van der Waals surface area contributed by atoms with Crippen LogP contribution in [0.3, 0.4) is 0 Å². The highest BCUT2D eigenvalue weighted by Crippen LogP contribution is 2.35. The maximum Gasteiger partial charge on any atom is 0.338 e. The molecule has 1 aliphatic rings. The molecule has 31 heavy (non-hydrogen) atoms. The molecule has 5 nitrogen and oxygen atoms in total. The molecule has 2 rings (SSSR count). The van der Waals surface area contributed by atoms with Crippen LogP contribution in [0.1, 0.15) is 76.1 Å². The van der Waals surface area contributed by atoms with Crippen molar-refractivity contribution in [2.75, 3.05) is 13.2 Å². The Kier molecular flexibility index (Phi) is 10.6. The Bertz CT molecular complexity index is 694. The third-order valence-electron chi connectivity index (χ3n) is 6.03. The topological polar surface area (TPSA) is 61.8 Å². The van der Waals surface area contributed by atoms with Crippen LogP contribution >= 0.6 is 0 Å². The molecule has 0 aromatic heterocycles. The minimum atomic E-state index is -0.372. The molecule has 0 heterocycles. The van der Waals surface area contributed by atoms with Crippen molar-refractivity contribution in [2.45, 2.75) is 71.8 Å². The van der Waals surface area contributed by atoms with Crippen molar-refractivity contribution in [3.63, 3.8) is 0 Å². The van der Waals surface area contributed by atoms with Gasteiger partial charge < -0.3 is 14.2 Å². The average Bonchev–Trinajstić information content (AvgIpc) is 2.75. The lowest BCUT2D eigenvalue weighted by Crippen LogP contribution is -2.35. The first-order valence-electron chi connectivity index (χ1n) is 11.6. The second-order valence-electron chi connectivity index (χ2n) is 8.93. The van der Waals surface area contributed by atoms with Crippen molar-refractivity contribution >= 4 is 11.9 Å². The molecule has 3 unspecified atom stereocenters. The monoisotopic (exact) mass is 430 g/mol. The van der Waals surface area contributed by atoms with Gasteiger partial charge in [0.2, 0.25) is 0 Å². The molecular weight excluding hydrogens is 392 g/mol. The molecule has 1 aromatic carbocycles. The molecule has 172 valence electrons. The first kappa shape index (κ1) is 25.0. The second-order valence-corrected chi connectivity index (χ2v) is 8.93. The highest BCUT2D eigenvalue weighted by molar-refractivity contribution is 5.89. The average molecular weight is 431 g/mol. The summed E-state index contributed by atoms with van der Waals surface area (Å²) in [6.45, 7) is 11.1. The van der Waals surface area contributed by atoms with Crippen molar-refractivity contribution in [3.8, 4) is 5.75 Å². The molecule has 0 radical (unpaired) electrons.